The maximum absolute atomic E-state index is 12.3. The summed E-state index contributed by atoms with van der Waals surface area (Å²) >= 11 is 0. The first-order valence-electron chi connectivity index (χ1n) is 9.82. The number of carbonyl (C=O) groups is 1. The molecule has 0 aromatic carbocycles. The van der Waals surface area contributed by atoms with E-state index in [-0.39, 0.29) is 5.97 Å². The van der Waals surface area contributed by atoms with Crippen LogP contribution < -0.4 is 0 Å². The molecule has 0 atom stereocenters. The van der Waals surface area contributed by atoms with Crippen LogP contribution in [0.4, 0.5) is 0 Å². The minimum Gasteiger partial charge on any atom is -0.466 e. The molecule has 0 heterocycles. The molecule has 0 aliphatic heterocycles. The van der Waals surface area contributed by atoms with Gasteiger partial charge >= 0.3 is 5.97 Å². The monoisotopic (exact) mass is 322 g/mol. The molecule has 4 saturated carbocycles. The van der Waals surface area contributed by atoms with Crippen LogP contribution in [0.3, 0.4) is 0 Å². The van der Waals surface area contributed by atoms with Crippen molar-refractivity contribution in [3.05, 3.63) is 0 Å². The largest absolute Gasteiger partial charge is 0.466 e. The van der Waals surface area contributed by atoms with Gasteiger partial charge in [0, 0.05) is 6.61 Å². The summed E-state index contributed by atoms with van der Waals surface area (Å²) in [7, 11) is 0. The highest BCUT2D eigenvalue weighted by Crippen LogP contribution is 2.61. The third kappa shape index (κ3) is 4.71. The Labute approximate surface area is 141 Å². The van der Waals surface area contributed by atoms with Crippen molar-refractivity contribution in [1.29, 1.82) is 0 Å². The van der Waals surface area contributed by atoms with Gasteiger partial charge in [0.25, 0.3) is 0 Å². The van der Waals surface area contributed by atoms with Crippen molar-refractivity contribution < 1.29 is 14.3 Å². The Bertz CT molecular complexity index is 366. The van der Waals surface area contributed by atoms with Crippen LogP contribution in [-0.4, -0.2) is 25.3 Å². The van der Waals surface area contributed by atoms with Crippen LogP contribution in [0.2, 0.25) is 0 Å². The SMILES string of the molecule is CC(C)OCCCCCOC(=O)CC12CC3CC(CC(C3)C1)C2. The molecule has 4 aliphatic carbocycles. The van der Waals surface area contributed by atoms with E-state index in [9.17, 15) is 4.79 Å². The normalized spacial score (nSPS) is 35.0. The Kier molecular flexibility index (Phi) is 5.66. The number of esters is 1. The third-order valence-electron chi connectivity index (χ3n) is 6.19. The molecule has 0 N–H and O–H groups in total. The molecule has 132 valence electrons. The molecule has 0 amide bonds. The predicted molar refractivity (Wildman–Crippen MR) is 91.1 cm³/mol. The number of hydrogen-bond donors (Lipinski definition) is 0. The molecule has 3 nitrogen and oxygen atoms in total. The zero-order chi connectivity index (χ0) is 16.3. The van der Waals surface area contributed by atoms with E-state index in [4.69, 9.17) is 9.47 Å². The molecule has 0 spiro atoms. The van der Waals surface area contributed by atoms with Crippen molar-refractivity contribution >= 4 is 5.97 Å². The van der Waals surface area contributed by atoms with Crippen LogP contribution in [-0.2, 0) is 14.3 Å². The van der Waals surface area contributed by atoms with Crippen LogP contribution in [0.5, 0.6) is 0 Å². The Balaban J connectivity index is 1.31. The molecule has 4 aliphatic rings. The number of hydrogen-bond acceptors (Lipinski definition) is 3. The van der Waals surface area contributed by atoms with Crippen LogP contribution in [0.15, 0.2) is 0 Å². The Morgan fingerprint density at radius 1 is 0.957 bits per heavy atom. The molecule has 4 rings (SSSR count). The lowest BCUT2D eigenvalue weighted by atomic mass is 9.49. The summed E-state index contributed by atoms with van der Waals surface area (Å²) in [5.74, 6) is 2.80. The molecule has 0 aromatic heterocycles. The molecule has 23 heavy (non-hydrogen) atoms. The van der Waals surface area contributed by atoms with E-state index in [2.05, 4.69) is 13.8 Å². The molecule has 4 fully saturated rings. The number of carbonyl (C=O) groups excluding carboxylic acids is 1. The third-order valence-corrected chi connectivity index (χ3v) is 6.19. The van der Waals surface area contributed by atoms with Crippen molar-refractivity contribution in [3.63, 3.8) is 0 Å². The van der Waals surface area contributed by atoms with E-state index in [0.29, 0.717) is 24.5 Å². The van der Waals surface area contributed by atoms with Gasteiger partial charge in [0.05, 0.1) is 19.1 Å². The Morgan fingerprint density at radius 2 is 1.52 bits per heavy atom. The summed E-state index contributed by atoms with van der Waals surface area (Å²) < 4.78 is 11.0. The van der Waals surface area contributed by atoms with Gasteiger partial charge in [-0.2, -0.15) is 0 Å². The van der Waals surface area contributed by atoms with Crippen molar-refractivity contribution in [2.24, 2.45) is 23.2 Å². The maximum atomic E-state index is 12.3. The lowest BCUT2D eigenvalue weighted by Gasteiger charge is -2.56. The Hall–Kier alpha value is -0.570. The minimum absolute atomic E-state index is 0.0605. The molecule has 0 saturated heterocycles. The second-order valence-corrected chi connectivity index (χ2v) is 8.80. The second-order valence-electron chi connectivity index (χ2n) is 8.80. The number of ether oxygens (including phenoxy) is 2. The van der Waals surface area contributed by atoms with E-state index < -0.39 is 0 Å². The van der Waals surface area contributed by atoms with Crippen molar-refractivity contribution in [3.8, 4) is 0 Å². The van der Waals surface area contributed by atoms with Crippen LogP contribution >= 0.6 is 0 Å². The molecule has 0 radical (unpaired) electrons. The van der Waals surface area contributed by atoms with Gasteiger partial charge < -0.3 is 9.47 Å². The smallest absolute Gasteiger partial charge is 0.306 e. The van der Waals surface area contributed by atoms with E-state index in [0.717, 1.165) is 43.6 Å². The first-order valence-corrected chi connectivity index (χ1v) is 9.82. The molecular formula is C20H34O3. The van der Waals surface area contributed by atoms with Gasteiger partial charge in [-0.1, -0.05) is 0 Å². The van der Waals surface area contributed by atoms with E-state index in [1.807, 2.05) is 0 Å². The van der Waals surface area contributed by atoms with Crippen molar-refractivity contribution in [2.45, 2.75) is 84.2 Å². The maximum Gasteiger partial charge on any atom is 0.306 e. The number of rotatable bonds is 9. The van der Waals surface area contributed by atoms with Gasteiger partial charge in [0.1, 0.15) is 0 Å². The summed E-state index contributed by atoms with van der Waals surface area (Å²) in [6.07, 6.45) is 12.3. The summed E-state index contributed by atoms with van der Waals surface area (Å²) in [4.78, 5) is 12.3. The standard InChI is InChI=1S/C20H34O3/c1-15(2)22-6-4-3-5-7-23-19(21)14-20-11-16-8-17(12-20)10-18(9-16)13-20/h15-18H,3-14H2,1-2H3. The zero-order valence-electron chi connectivity index (χ0n) is 15.0. The average molecular weight is 322 g/mol. The fraction of sp³-hybridized carbons (Fsp3) is 0.950. The first kappa shape index (κ1) is 17.3. The van der Waals surface area contributed by atoms with Gasteiger partial charge in [-0.3, -0.25) is 4.79 Å². The quantitative estimate of drug-likeness (QED) is 0.455. The van der Waals surface area contributed by atoms with E-state index in [1.165, 1.54) is 38.5 Å². The van der Waals surface area contributed by atoms with E-state index >= 15 is 0 Å². The van der Waals surface area contributed by atoms with E-state index in [1.54, 1.807) is 0 Å². The summed E-state index contributed by atoms with van der Waals surface area (Å²) in [6, 6.07) is 0. The van der Waals surface area contributed by atoms with Gasteiger partial charge in [0.2, 0.25) is 0 Å². The highest BCUT2D eigenvalue weighted by molar-refractivity contribution is 5.70. The first-order chi connectivity index (χ1) is 11.0. The summed E-state index contributed by atoms with van der Waals surface area (Å²) in [5, 5.41) is 0. The summed E-state index contributed by atoms with van der Waals surface area (Å²) in [5.41, 5.74) is 0.316. The summed E-state index contributed by atoms with van der Waals surface area (Å²) in [6.45, 7) is 5.53. The molecule has 0 unspecified atom stereocenters. The van der Waals surface area contributed by atoms with Crippen LogP contribution in [0.1, 0.15) is 78.1 Å². The van der Waals surface area contributed by atoms with Gasteiger partial charge in [-0.15, -0.1) is 0 Å². The second kappa shape index (κ2) is 7.55. The Morgan fingerprint density at radius 3 is 2.09 bits per heavy atom. The molecular weight excluding hydrogens is 288 g/mol. The van der Waals surface area contributed by atoms with Crippen LogP contribution in [0.25, 0.3) is 0 Å². The van der Waals surface area contributed by atoms with Gasteiger partial charge in [-0.25, -0.2) is 0 Å². The lowest BCUT2D eigenvalue weighted by molar-refractivity contribution is -0.152. The highest BCUT2D eigenvalue weighted by Gasteiger charge is 2.51. The number of unbranched alkanes of at least 4 members (excludes halogenated alkanes) is 2. The minimum atomic E-state index is 0.0605. The molecule has 0 aromatic rings. The zero-order valence-corrected chi connectivity index (χ0v) is 15.0. The van der Waals surface area contributed by atoms with Gasteiger partial charge in [-0.05, 0) is 94.8 Å². The van der Waals surface area contributed by atoms with Crippen LogP contribution in [0, 0.1) is 23.2 Å². The lowest BCUT2D eigenvalue weighted by Crippen LogP contribution is -2.47. The van der Waals surface area contributed by atoms with Gasteiger partial charge in [0.15, 0.2) is 0 Å². The molecule has 3 heteroatoms. The highest BCUT2D eigenvalue weighted by atomic mass is 16.5. The fourth-order valence-corrected chi connectivity index (χ4v) is 5.75. The fourth-order valence-electron chi connectivity index (χ4n) is 5.75. The topological polar surface area (TPSA) is 35.5 Å². The van der Waals surface area contributed by atoms with Crippen molar-refractivity contribution in [2.75, 3.05) is 13.2 Å². The van der Waals surface area contributed by atoms with Crippen molar-refractivity contribution in [1.82, 2.24) is 0 Å². The average Bonchev–Trinajstić information content (AvgIpc) is 2.43. The predicted octanol–water partition coefficient (Wildman–Crippen LogP) is 4.73. The molecule has 4 bridgehead atoms.